The maximum atomic E-state index is 12.9. The molecule has 0 bridgehead atoms. The summed E-state index contributed by atoms with van der Waals surface area (Å²) in [5.41, 5.74) is 2.82. The minimum atomic E-state index is -4.77. The summed E-state index contributed by atoms with van der Waals surface area (Å²) in [4.78, 5) is 0.361. The molecule has 0 aliphatic heterocycles. The van der Waals surface area contributed by atoms with Gasteiger partial charge in [-0.25, -0.2) is 0 Å². The summed E-state index contributed by atoms with van der Waals surface area (Å²) < 4.78 is 76.9. The predicted molar refractivity (Wildman–Crippen MR) is 66.8 cm³/mol. The van der Waals surface area contributed by atoms with Crippen molar-refractivity contribution in [3.05, 3.63) is 57.3 Å². The Balaban J connectivity index is 2.59. The largest absolute Gasteiger partial charge is 0.416 e. The van der Waals surface area contributed by atoms with Crippen molar-refractivity contribution in [3.8, 4) is 0 Å². The quantitative estimate of drug-likeness (QED) is 0.786. The van der Waals surface area contributed by atoms with E-state index in [2.05, 4.69) is 0 Å². The van der Waals surface area contributed by atoms with Crippen LogP contribution in [-0.4, -0.2) is 0 Å². The van der Waals surface area contributed by atoms with Gasteiger partial charge in [-0.2, -0.15) is 26.3 Å². The lowest BCUT2D eigenvalue weighted by molar-refractivity contribution is -0.141. The van der Waals surface area contributed by atoms with Gasteiger partial charge >= 0.3 is 12.4 Å². The number of nitrogens with two attached hydrogens (primary N) is 1. The second kappa shape index (κ2) is 5.34. The van der Waals surface area contributed by atoms with Gasteiger partial charge < -0.3 is 5.73 Å². The molecule has 0 fully saturated rings. The highest BCUT2D eigenvalue weighted by Crippen LogP contribution is 2.40. The van der Waals surface area contributed by atoms with Gasteiger partial charge in [-0.05, 0) is 35.2 Å². The third kappa shape index (κ3) is 3.38. The van der Waals surface area contributed by atoms with Crippen LogP contribution in [0.3, 0.4) is 0 Å². The number of rotatable bonds is 2. The molecule has 0 saturated heterocycles. The summed E-state index contributed by atoms with van der Waals surface area (Å²) in [5.74, 6) is 0. The number of thiophene rings is 1. The Labute approximate surface area is 120 Å². The van der Waals surface area contributed by atoms with Gasteiger partial charge in [0.2, 0.25) is 0 Å². The van der Waals surface area contributed by atoms with Crippen molar-refractivity contribution in [1.29, 1.82) is 0 Å². The van der Waals surface area contributed by atoms with Crippen molar-refractivity contribution < 1.29 is 26.3 Å². The molecule has 0 saturated carbocycles. The minimum absolute atomic E-state index is 0.361. The first-order chi connectivity index (χ1) is 9.60. The molecule has 0 spiro atoms. The summed E-state index contributed by atoms with van der Waals surface area (Å²) in [7, 11) is 0. The van der Waals surface area contributed by atoms with Crippen LogP contribution in [0, 0.1) is 0 Å². The molecular weight excluding hydrogens is 316 g/mol. The molecular formula is C13H9F6NS. The van der Waals surface area contributed by atoms with Gasteiger partial charge in [0.25, 0.3) is 0 Å². The zero-order valence-electron chi connectivity index (χ0n) is 10.3. The van der Waals surface area contributed by atoms with Crippen LogP contribution in [-0.2, 0) is 12.4 Å². The van der Waals surface area contributed by atoms with Crippen molar-refractivity contribution in [3.63, 3.8) is 0 Å². The van der Waals surface area contributed by atoms with E-state index in [1.807, 2.05) is 0 Å². The maximum Gasteiger partial charge on any atom is 0.416 e. The first kappa shape index (κ1) is 15.8. The van der Waals surface area contributed by atoms with E-state index in [0.29, 0.717) is 23.1 Å². The molecule has 2 N–H and O–H groups in total. The molecule has 1 aromatic carbocycles. The number of alkyl halides is 6. The van der Waals surface area contributed by atoms with Crippen LogP contribution < -0.4 is 5.73 Å². The van der Waals surface area contributed by atoms with Crippen molar-refractivity contribution >= 4 is 11.3 Å². The number of halogens is 6. The average Bonchev–Trinajstić information content (AvgIpc) is 2.88. The zero-order valence-corrected chi connectivity index (χ0v) is 11.1. The predicted octanol–water partition coefficient (Wildman–Crippen LogP) is 4.83. The molecule has 0 amide bonds. The molecule has 2 aromatic rings. The highest BCUT2D eigenvalue weighted by molar-refractivity contribution is 7.10. The lowest BCUT2D eigenvalue weighted by atomic mass is 9.96. The van der Waals surface area contributed by atoms with Crippen LogP contribution >= 0.6 is 11.3 Å². The summed E-state index contributed by atoms with van der Waals surface area (Å²) in [6, 6.07) is 3.09. The summed E-state index contributed by atoms with van der Waals surface area (Å²) in [6.07, 6.45) is -9.50. The van der Waals surface area contributed by atoms with E-state index in [9.17, 15) is 26.3 Å². The van der Waals surface area contributed by atoms with Crippen LogP contribution in [0.1, 0.15) is 27.6 Å². The Morgan fingerprint density at radius 3 is 2.10 bits per heavy atom. The molecule has 1 aromatic heterocycles. The average molecular weight is 325 g/mol. The first-order valence-electron chi connectivity index (χ1n) is 5.68. The topological polar surface area (TPSA) is 26.0 Å². The first-order valence-corrected chi connectivity index (χ1v) is 6.56. The molecule has 1 heterocycles. The molecule has 0 aliphatic carbocycles. The van der Waals surface area contributed by atoms with Gasteiger partial charge in [0.05, 0.1) is 17.2 Å². The van der Waals surface area contributed by atoms with E-state index < -0.39 is 35.1 Å². The van der Waals surface area contributed by atoms with Gasteiger partial charge in [0.1, 0.15) is 0 Å². The third-order valence-corrected chi connectivity index (χ3v) is 3.82. The van der Waals surface area contributed by atoms with Crippen LogP contribution in [0.15, 0.2) is 35.7 Å². The SMILES string of the molecule is N[C@@H](c1cccs1)c1cc(C(F)(F)F)ccc1C(F)(F)F. The van der Waals surface area contributed by atoms with Crippen LogP contribution in [0.2, 0.25) is 0 Å². The summed E-state index contributed by atoms with van der Waals surface area (Å²) in [5, 5.41) is 1.59. The molecule has 21 heavy (non-hydrogen) atoms. The van der Waals surface area contributed by atoms with E-state index in [1.54, 1.807) is 11.4 Å². The Kier molecular flexibility index (Phi) is 4.03. The van der Waals surface area contributed by atoms with Crippen molar-refractivity contribution in [2.45, 2.75) is 18.4 Å². The standard InChI is InChI=1S/C13H9F6NS/c14-12(15,16)7-3-4-9(13(17,18)19)8(6-7)11(20)10-2-1-5-21-10/h1-6,11H,20H2/t11-/m1/s1. The monoisotopic (exact) mass is 325 g/mol. The fraction of sp³-hybridized carbons (Fsp3) is 0.231. The normalized spacial score (nSPS) is 14.2. The molecule has 1 atom stereocenters. The maximum absolute atomic E-state index is 12.9. The van der Waals surface area contributed by atoms with Crippen molar-refractivity contribution in [2.75, 3.05) is 0 Å². The fourth-order valence-corrected chi connectivity index (χ4v) is 2.62. The second-order valence-corrected chi connectivity index (χ2v) is 5.27. The Morgan fingerprint density at radius 2 is 1.62 bits per heavy atom. The molecule has 8 heteroatoms. The minimum Gasteiger partial charge on any atom is -0.320 e. The third-order valence-electron chi connectivity index (χ3n) is 2.87. The number of benzene rings is 1. The molecule has 114 valence electrons. The molecule has 0 unspecified atom stereocenters. The van der Waals surface area contributed by atoms with Crippen molar-refractivity contribution in [1.82, 2.24) is 0 Å². The van der Waals surface area contributed by atoms with Crippen LogP contribution in [0.5, 0.6) is 0 Å². The van der Waals surface area contributed by atoms with E-state index in [-0.39, 0.29) is 0 Å². The van der Waals surface area contributed by atoms with E-state index in [4.69, 9.17) is 5.73 Å². The Morgan fingerprint density at radius 1 is 0.952 bits per heavy atom. The van der Waals surface area contributed by atoms with Gasteiger partial charge in [0, 0.05) is 4.88 Å². The van der Waals surface area contributed by atoms with Crippen molar-refractivity contribution in [2.24, 2.45) is 5.73 Å². The molecule has 1 nitrogen and oxygen atoms in total. The Hall–Kier alpha value is -1.54. The Bertz CT molecular complexity index is 615. The van der Waals surface area contributed by atoms with E-state index >= 15 is 0 Å². The summed E-state index contributed by atoms with van der Waals surface area (Å²) >= 11 is 1.08. The number of hydrogen-bond donors (Lipinski definition) is 1. The molecule has 2 rings (SSSR count). The summed E-state index contributed by atoms with van der Waals surface area (Å²) in [6.45, 7) is 0. The van der Waals surface area contributed by atoms with Gasteiger partial charge in [-0.3, -0.25) is 0 Å². The van der Waals surface area contributed by atoms with E-state index in [1.165, 1.54) is 6.07 Å². The van der Waals surface area contributed by atoms with Gasteiger partial charge in [-0.15, -0.1) is 11.3 Å². The lowest BCUT2D eigenvalue weighted by Gasteiger charge is -2.19. The molecule has 0 aliphatic rings. The van der Waals surface area contributed by atoms with Crippen LogP contribution in [0.4, 0.5) is 26.3 Å². The van der Waals surface area contributed by atoms with Gasteiger partial charge in [0.15, 0.2) is 0 Å². The highest BCUT2D eigenvalue weighted by atomic mass is 32.1. The fourth-order valence-electron chi connectivity index (χ4n) is 1.88. The van der Waals surface area contributed by atoms with Gasteiger partial charge in [-0.1, -0.05) is 6.07 Å². The smallest absolute Gasteiger partial charge is 0.320 e. The highest BCUT2D eigenvalue weighted by Gasteiger charge is 2.38. The van der Waals surface area contributed by atoms with Crippen LogP contribution in [0.25, 0.3) is 0 Å². The zero-order chi connectivity index (χ0) is 15.8. The second-order valence-electron chi connectivity index (χ2n) is 4.29. The molecule has 0 radical (unpaired) electrons. The lowest BCUT2D eigenvalue weighted by Crippen LogP contribution is -2.19. The number of hydrogen-bond acceptors (Lipinski definition) is 2. The van der Waals surface area contributed by atoms with E-state index in [0.717, 1.165) is 11.3 Å².